The molecule has 1 rings (SSSR count). The van der Waals surface area contributed by atoms with Crippen LogP contribution in [0.4, 0.5) is 0 Å². The number of rotatable bonds is 1. The molecule has 0 aliphatic carbocycles. The molecule has 0 saturated carbocycles. The van der Waals surface area contributed by atoms with Crippen LogP contribution in [-0.4, -0.2) is 24.5 Å². The second-order valence-corrected chi connectivity index (χ2v) is 2.72. The van der Waals surface area contributed by atoms with E-state index in [4.69, 9.17) is 0 Å². The first-order chi connectivity index (χ1) is 6.34. The molecule has 1 saturated heterocycles. The van der Waals surface area contributed by atoms with Gasteiger partial charge in [-0.2, -0.15) is 0 Å². The predicted octanol–water partition coefficient (Wildman–Crippen LogP) is 3.71. The molecule has 0 radical (unpaired) electrons. The number of hydrogen-bond acceptors (Lipinski definition) is 1. The molecule has 13 heavy (non-hydrogen) atoms. The van der Waals surface area contributed by atoms with Crippen molar-refractivity contribution >= 4 is 0 Å². The van der Waals surface area contributed by atoms with Crippen molar-refractivity contribution in [3.63, 3.8) is 0 Å². The lowest BCUT2D eigenvalue weighted by molar-refractivity contribution is 0.357. The third kappa shape index (κ3) is 6.83. The van der Waals surface area contributed by atoms with E-state index in [2.05, 4.69) is 31.0 Å². The van der Waals surface area contributed by atoms with Gasteiger partial charge in [0.25, 0.3) is 0 Å². The fraction of sp³-hybridized carbons (Fsp3) is 0.833. The first-order valence-corrected chi connectivity index (χ1v) is 5.67. The summed E-state index contributed by atoms with van der Waals surface area (Å²) in [5, 5.41) is 0. The van der Waals surface area contributed by atoms with Crippen molar-refractivity contribution in [3.8, 4) is 0 Å². The molecular weight excluding hydrogens is 158 g/mol. The van der Waals surface area contributed by atoms with Gasteiger partial charge in [-0.05, 0) is 33.4 Å². The Balaban J connectivity index is 0. The molecular formula is C12H27N. The van der Waals surface area contributed by atoms with Crippen molar-refractivity contribution in [2.75, 3.05) is 13.6 Å². The maximum Gasteiger partial charge on any atom is 0.0275 e. The quantitative estimate of drug-likeness (QED) is 0.563. The van der Waals surface area contributed by atoms with Crippen LogP contribution in [0, 0.1) is 0 Å². The molecule has 0 bridgehead atoms. The van der Waals surface area contributed by atoms with Gasteiger partial charge in [0.2, 0.25) is 0 Å². The number of hydrogen-bond donors (Lipinski definition) is 0. The second-order valence-electron chi connectivity index (χ2n) is 2.72. The van der Waals surface area contributed by atoms with Crippen LogP contribution in [0.3, 0.4) is 0 Å². The Kier molecular flexibility index (Phi) is 13.7. The van der Waals surface area contributed by atoms with E-state index in [1.165, 1.54) is 19.4 Å². The van der Waals surface area contributed by atoms with Crippen molar-refractivity contribution in [1.29, 1.82) is 0 Å². The Hall–Kier alpha value is -0.300. The van der Waals surface area contributed by atoms with Crippen LogP contribution in [-0.2, 0) is 0 Å². The summed E-state index contributed by atoms with van der Waals surface area (Å²) in [6.45, 7) is 11.4. The summed E-state index contributed by atoms with van der Waals surface area (Å²) < 4.78 is 0. The molecule has 1 nitrogen and oxygen atoms in total. The van der Waals surface area contributed by atoms with Crippen molar-refractivity contribution in [2.24, 2.45) is 0 Å². The van der Waals surface area contributed by atoms with Gasteiger partial charge in [-0.15, -0.1) is 0 Å². The monoisotopic (exact) mass is 185 g/mol. The van der Waals surface area contributed by atoms with E-state index in [0.29, 0.717) is 0 Å². The van der Waals surface area contributed by atoms with Crippen molar-refractivity contribution in [2.45, 2.75) is 53.5 Å². The largest absolute Gasteiger partial charge is 0.300 e. The van der Waals surface area contributed by atoms with Crippen molar-refractivity contribution in [1.82, 2.24) is 4.90 Å². The van der Waals surface area contributed by atoms with Gasteiger partial charge in [-0.25, -0.2) is 0 Å². The number of nitrogens with zero attached hydrogens (tertiary/aromatic N) is 1. The minimum Gasteiger partial charge on any atom is -0.300 e. The van der Waals surface area contributed by atoms with Crippen LogP contribution in [0.2, 0.25) is 0 Å². The summed E-state index contributed by atoms with van der Waals surface area (Å²) >= 11 is 0. The molecule has 1 aliphatic rings. The average molecular weight is 185 g/mol. The van der Waals surface area contributed by atoms with Crippen LogP contribution in [0.25, 0.3) is 0 Å². The van der Waals surface area contributed by atoms with Gasteiger partial charge < -0.3 is 0 Å². The average Bonchev–Trinajstić information content (AvgIpc) is 2.60. The lowest BCUT2D eigenvalue weighted by atomic mass is 10.2. The highest BCUT2D eigenvalue weighted by atomic mass is 15.1. The Morgan fingerprint density at radius 1 is 1.15 bits per heavy atom. The van der Waals surface area contributed by atoms with Gasteiger partial charge in [0.15, 0.2) is 0 Å². The first kappa shape index (κ1) is 15.2. The third-order valence-electron chi connectivity index (χ3n) is 1.99. The molecule has 1 aliphatic heterocycles. The molecule has 0 amide bonds. The van der Waals surface area contributed by atoms with Gasteiger partial charge in [-0.1, -0.05) is 39.8 Å². The number of allylic oxidation sites excluding steroid dienone is 1. The summed E-state index contributed by atoms with van der Waals surface area (Å²) in [7, 11) is 2.19. The molecule has 0 aromatic carbocycles. The molecule has 1 unspecified atom stereocenters. The highest BCUT2D eigenvalue weighted by molar-refractivity contribution is 4.94. The van der Waals surface area contributed by atoms with Crippen LogP contribution >= 0.6 is 0 Å². The van der Waals surface area contributed by atoms with Crippen LogP contribution in [0.1, 0.15) is 47.5 Å². The second kappa shape index (κ2) is 11.7. The lowest BCUT2D eigenvalue weighted by Gasteiger charge is -2.14. The molecule has 0 aromatic rings. The fourth-order valence-corrected chi connectivity index (χ4v) is 1.40. The molecule has 0 spiro atoms. The molecule has 0 aromatic heterocycles. The zero-order chi connectivity index (χ0) is 10.7. The van der Waals surface area contributed by atoms with Crippen LogP contribution in [0.5, 0.6) is 0 Å². The van der Waals surface area contributed by atoms with E-state index in [0.717, 1.165) is 6.04 Å². The lowest BCUT2D eigenvalue weighted by Crippen LogP contribution is -2.22. The highest BCUT2D eigenvalue weighted by Crippen LogP contribution is 2.14. The summed E-state index contributed by atoms with van der Waals surface area (Å²) in [4.78, 5) is 2.40. The van der Waals surface area contributed by atoms with Gasteiger partial charge >= 0.3 is 0 Å². The van der Waals surface area contributed by atoms with E-state index >= 15 is 0 Å². The van der Waals surface area contributed by atoms with E-state index in [1.807, 2.05) is 27.7 Å². The molecule has 0 N–H and O–H groups in total. The molecule has 1 heteroatoms. The van der Waals surface area contributed by atoms with Crippen molar-refractivity contribution < 1.29 is 0 Å². The fourth-order valence-electron chi connectivity index (χ4n) is 1.40. The minimum absolute atomic E-state index is 0.731. The molecule has 1 atom stereocenters. The summed E-state index contributed by atoms with van der Waals surface area (Å²) in [6, 6.07) is 0.731. The Labute approximate surface area is 84.8 Å². The van der Waals surface area contributed by atoms with Gasteiger partial charge in [0.05, 0.1) is 0 Å². The normalized spacial score (nSPS) is 21.8. The predicted molar refractivity (Wildman–Crippen MR) is 63.2 cm³/mol. The van der Waals surface area contributed by atoms with Gasteiger partial charge in [0.1, 0.15) is 0 Å². The molecule has 80 valence electrons. The minimum atomic E-state index is 0.731. The van der Waals surface area contributed by atoms with Gasteiger partial charge in [0, 0.05) is 6.04 Å². The number of likely N-dealkylation sites (tertiary alicyclic amines) is 1. The van der Waals surface area contributed by atoms with Crippen LogP contribution in [0.15, 0.2) is 12.2 Å². The first-order valence-electron chi connectivity index (χ1n) is 5.67. The summed E-state index contributed by atoms with van der Waals surface area (Å²) in [5.41, 5.74) is 0. The van der Waals surface area contributed by atoms with Crippen LogP contribution < -0.4 is 0 Å². The Morgan fingerprint density at radius 2 is 1.69 bits per heavy atom. The smallest absolute Gasteiger partial charge is 0.0275 e. The standard InChI is InChI=1S/C8H15N.2C2H6/c1-3-5-8-6-4-7-9(8)2;2*1-2/h3,5,8H,4,6-7H2,1-2H3;2*1-2H3/b5-3-;;. The summed E-state index contributed by atoms with van der Waals surface area (Å²) in [6.07, 6.45) is 7.14. The van der Waals surface area contributed by atoms with E-state index in [1.54, 1.807) is 0 Å². The SMILES string of the molecule is C/C=C\C1CCCN1C.CC.CC. The van der Waals surface area contributed by atoms with E-state index in [9.17, 15) is 0 Å². The topological polar surface area (TPSA) is 3.24 Å². The molecule has 1 heterocycles. The third-order valence-corrected chi connectivity index (χ3v) is 1.99. The van der Waals surface area contributed by atoms with Crippen molar-refractivity contribution in [3.05, 3.63) is 12.2 Å². The number of likely N-dealkylation sites (N-methyl/N-ethyl adjacent to an activating group) is 1. The van der Waals surface area contributed by atoms with E-state index in [-0.39, 0.29) is 0 Å². The maximum atomic E-state index is 2.40. The summed E-state index contributed by atoms with van der Waals surface area (Å²) in [5.74, 6) is 0. The zero-order valence-corrected chi connectivity index (χ0v) is 10.3. The molecule has 1 fully saturated rings. The zero-order valence-electron chi connectivity index (χ0n) is 10.3. The maximum absolute atomic E-state index is 2.40. The Bertz CT molecular complexity index is 108. The Morgan fingerprint density at radius 3 is 2.00 bits per heavy atom. The van der Waals surface area contributed by atoms with Gasteiger partial charge in [-0.3, -0.25) is 4.90 Å². The van der Waals surface area contributed by atoms with E-state index < -0.39 is 0 Å². The highest BCUT2D eigenvalue weighted by Gasteiger charge is 2.16.